The molecule has 0 saturated carbocycles. The number of hydrogen-bond donors (Lipinski definition) is 0. The van der Waals surface area contributed by atoms with Crippen molar-refractivity contribution >= 4 is 11.7 Å². The summed E-state index contributed by atoms with van der Waals surface area (Å²) in [6.07, 6.45) is -0.326. The van der Waals surface area contributed by atoms with Crippen LogP contribution < -0.4 is 0 Å². The summed E-state index contributed by atoms with van der Waals surface area (Å²) in [5, 5.41) is 10.5. The molecule has 1 aliphatic heterocycles. The molecule has 1 saturated heterocycles. The maximum absolute atomic E-state index is 12.0. The van der Waals surface area contributed by atoms with E-state index >= 15 is 0 Å². The van der Waals surface area contributed by atoms with Crippen molar-refractivity contribution in [3.8, 4) is 0 Å². The van der Waals surface area contributed by atoms with Gasteiger partial charge in [-0.3, -0.25) is 10.1 Å². The number of nitro benzene ring substituents is 1. The summed E-state index contributed by atoms with van der Waals surface area (Å²) in [5.74, 6) is -0.498. The zero-order valence-corrected chi connectivity index (χ0v) is 11.3. The number of non-ortho nitro benzene ring substituents is 1. The molecule has 7 heteroatoms. The molecular formula is C13H16N2O5. The van der Waals surface area contributed by atoms with Gasteiger partial charge in [0.05, 0.1) is 29.7 Å². The van der Waals surface area contributed by atoms with E-state index in [1.807, 2.05) is 19.0 Å². The molecule has 108 valence electrons. The monoisotopic (exact) mass is 280 g/mol. The fourth-order valence-corrected chi connectivity index (χ4v) is 2.04. The number of carbonyl (C=O) groups excluding carboxylic acids is 1. The number of benzene rings is 1. The van der Waals surface area contributed by atoms with Crippen LogP contribution in [0.2, 0.25) is 0 Å². The first-order chi connectivity index (χ1) is 9.49. The topological polar surface area (TPSA) is 81.9 Å². The fraction of sp³-hybridized carbons (Fsp3) is 0.462. The van der Waals surface area contributed by atoms with Crippen molar-refractivity contribution in [3.05, 3.63) is 39.9 Å². The quantitative estimate of drug-likeness (QED) is 0.466. The lowest BCUT2D eigenvalue weighted by atomic mass is 10.2. The Morgan fingerprint density at radius 3 is 2.55 bits per heavy atom. The molecule has 1 aliphatic rings. The molecule has 1 aromatic rings. The van der Waals surface area contributed by atoms with Crippen molar-refractivity contribution in [3.63, 3.8) is 0 Å². The molecule has 0 N–H and O–H groups in total. The van der Waals surface area contributed by atoms with E-state index in [2.05, 4.69) is 0 Å². The zero-order chi connectivity index (χ0) is 14.7. The second kappa shape index (κ2) is 5.98. The zero-order valence-electron chi connectivity index (χ0n) is 11.3. The third-order valence-electron chi connectivity index (χ3n) is 3.24. The van der Waals surface area contributed by atoms with E-state index in [1.54, 1.807) is 0 Å². The average Bonchev–Trinajstić information content (AvgIpc) is 2.87. The molecule has 0 amide bonds. The number of nitro groups is 1. The number of carbonyl (C=O) groups is 1. The van der Waals surface area contributed by atoms with Crippen molar-refractivity contribution in [2.24, 2.45) is 0 Å². The van der Waals surface area contributed by atoms with Gasteiger partial charge in [-0.15, -0.1) is 0 Å². The molecule has 2 unspecified atom stereocenters. The normalized spacial score (nSPS) is 21.9. The highest BCUT2D eigenvalue weighted by Gasteiger charge is 2.33. The van der Waals surface area contributed by atoms with Crippen LogP contribution in [-0.2, 0) is 9.47 Å². The van der Waals surface area contributed by atoms with E-state index in [0.717, 1.165) is 0 Å². The van der Waals surface area contributed by atoms with Gasteiger partial charge in [0, 0.05) is 12.1 Å². The molecule has 0 bridgehead atoms. The molecule has 0 aliphatic carbocycles. The van der Waals surface area contributed by atoms with Crippen LogP contribution >= 0.6 is 0 Å². The van der Waals surface area contributed by atoms with E-state index < -0.39 is 10.9 Å². The summed E-state index contributed by atoms with van der Waals surface area (Å²) in [6.45, 7) is 0.882. The first-order valence-corrected chi connectivity index (χ1v) is 6.18. The minimum Gasteiger partial charge on any atom is -0.455 e. The summed E-state index contributed by atoms with van der Waals surface area (Å²) in [6, 6.07) is 5.37. The van der Waals surface area contributed by atoms with Gasteiger partial charge < -0.3 is 14.4 Å². The van der Waals surface area contributed by atoms with Crippen LogP contribution in [0, 0.1) is 10.1 Å². The Hall–Kier alpha value is -1.99. The first-order valence-electron chi connectivity index (χ1n) is 6.18. The number of esters is 1. The lowest BCUT2D eigenvalue weighted by Crippen LogP contribution is -2.40. The van der Waals surface area contributed by atoms with Crippen LogP contribution in [0.5, 0.6) is 0 Å². The van der Waals surface area contributed by atoms with E-state index in [9.17, 15) is 14.9 Å². The molecule has 0 aromatic heterocycles. The molecular weight excluding hydrogens is 264 g/mol. The molecule has 2 rings (SSSR count). The van der Waals surface area contributed by atoms with Crippen LogP contribution in [-0.4, -0.2) is 55.2 Å². The summed E-state index contributed by atoms with van der Waals surface area (Å²) in [5.41, 5.74) is 0.233. The van der Waals surface area contributed by atoms with Crippen molar-refractivity contribution in [2.45, 2.75) is 12.1 Å². The predicted octanol–water partition coefficient (Wildman–Crippen LogP) is 1.08. The fourth-order valence-electron chi connectivity index (χ4n) is 2.04. The Morgan fingerprint density at radius 1 is 1.35 bits per heavy atom. The second-order valence-electron chi connectivity index (χ2n) is 4.82. The van der Waals surface area contributed by atoms with Gasteiger partial charge >= 0.3 is 5.97 Å². The Morgan fingerprint density at radius 2 is 2.00 bits per heavy atom. The number of hydrogen-bond acceptors (Lipinski definition) is 6. The SMILES string of the molecule is CN(C)C1COCC1OC(=O)c1ccc([N+](=O)[O-])cc1. The van der Waals surface area contributed by atoms with Crippen LogP contribution in [0.25, 0.3) is 0 Å². The highest BCUT2D eigenvalue weighted by atomic mass is 16.6. The highest BCUT2D eigenvalue weighted by Crippen LogP contribution is 2.17. The van der Waals surface area contributed by atoms with E-state index in [-0.39, 0.29) is 17.8 Å². The molecule has 2 atom stereocenters. The van der Waals surface area contributed by atoms with Crippen molar-refractivity contribution in [1.29, 1.82) is 0 Å². The lowest BCUT2D eigenvalue weighted by Gasteiger charge is -2.23. The van der Waals surface area contributed by atoms with Crippen LogP contribution in [0.15, 0.2) is 24.3 Å². The van der Waals surface area contributed by atoms with E-state index in [4.69, 9.17) is 9.47 Å². The van der Waals surface area contributed by atoms with Crippen molar-refractivity contribution in [2.75, 3.05) is 27.3 Å². The van der Waals surface area contributed by atoms with Crippen molar-refractivity contribution in [1.82, 2.24) is 4.90 Å². The Balaban J connectivity index is 2.02. The predicted molar refractivity (Wildman–Crippen MR) is 70.6 cm³/mol. The van der Waals surface area contributed by atoms with Gasteiger partial charge in [-0.05, 0) is 26.2 Å². The van der Waals surface area contributed by atoms with E-state index in [0.29, 0.717) is 18.8 Å². The van der Waals surface area contributed by atoms with Gasteiger partial charge in [-0.2, -0.15) is 0 Å². The largest absolute Gasteiger partial charge is 0.455 e. The Kier molecular flexibility index (Phi) is 4.31. The lowest BCUT2D eigenvalue weighted by molar-refractivity contribution is -0.384. The standard InChI is InChI=1S/C13H16N2O5/c1-14(2)11-7-19-8-12(11)20-13(16)9-3-5-10(6-4-9)15(17)18/h3-6,11-12H,7-8H2,1-2H3. The summed E-state index contributed by atoms with van der Waals surface area (Å²) in [7, 11) is 3.79. The Bertz CT molecular complexity index is 500. The summed E-state index contributed by atoms with van der Waals surface area (Å²) < 4.78 is 10.7. The number of likely N-dealkylation sites (N-methyl/N-ethyl adjacent to an activating group) is 1. The van der Waals surface area contributed by atoms with Crippen LogP contribution in [0.1, 0.15) is 10.4 Å². The van der Waals surface area contributed by atoms with E-state index in [1.165, 1.54) is 24.3 Å². The molecule has 1 fully saturated rings. The molecule has 0 radical (unpaired) electrons. The molecule has 1 heterocycles. The maximum atomic E-state index is 12.0. The molecule has 0 spiro atoms. The number of nitrogens with zero attached hydrogens (tertiary/aromatic N) is 2. The minimum absolute atomic E-state index is 0.0250. The Labute approximate surface area is 116 Å². The average molecular weight is 280 g/mol. The first kappa shape index (κ1) is 14.4. The number of rotatable bonds is 4. The van der Waals surface area contributed by atoms with Gasteiger partial charge in [0.15, 0.2) is 0 Å². The van der Waals surface area contributed by atoms with Gasteiger partial charge in [-0.1, -0.05) is 0 Å². The minimum atomic E-state index is -0.512. The summed E-state index contributed by atoms with van der Waals surface area (Å²) >= 11 is 0. The van der Waals surface area contributed by atoms with Gasteiger partial charge in [0.25, 0.3) is 5.69 Å². The smallest absolute Gasteiger partial charge is 0.338 e. The van der Waals surface area contributed by atoms with Gasteiger partial charge in [0.1, 0.15) is 6.10 Å². The number of ether oxygens (including phenoxy) is 2. The molecule has 20 heavy (non-hydrogen) atoms. The maximum Gasteiger partial charge on any atom is 0.338 e. The molecule has 1 aromatic carbocycles. The molecule has 7 nitrogen and oxygen atoms in total. The van der Waals surface area contributed by atoms with Crippen molar-refractivity contribution < 1.29 is 19.2 Å². The third-order valence-corrected chi connectivity index (χ3v) is 3.24. The van der Waals surface area contributed by atoms with Gasteiger partial charge in [-0.25, -0.2) is 4.79 Å². The third kappa shape index (κ3) is 3.12. The van der Waals surface area contributed by atoms with Crippen LogP contribution in [0.3, 0.4) is 0 Å². The highest BCUT2D eigenvalue weighted by molar-refractivity contribution is 5.89. The summed E-state index contributed by atoms with van der Waals surface area (Å²) in [4.78, 5) is 24.0. The van der Waals surface area contributed by atoms with Crippen LogP contribution in [0.4, 0.5) is 5.69 Å². The van der Waals surface area contributed by atoms with Gasteiger partial charge in [0.2, 0.25) is 0 Å². The second-order valence-corrected chi connectivity index (χ2v) is 4.82.